The molecule has 1 aliphatic rings. The van der Waals surface area contributed by atoms with E-state index in [1.165, 1.54) is 0 Å². The van der Waals surface area contributed by atoms with E-state index in [4.69, 9.17) is 0 Å². The molecular weight excluding hydrogens is 254 g/mol. The zero-order chi connectivity index (χ0) is 11.1. The first-order valence-corrected chi connectivity index (χ1v) is 5.79. The number of hydrogen-bond acceptors (Lipinski definition) is 2. The first-order valence-electron chi connectivity index (χ1n) is 5.00. The molecule has 0 radical (unpaired) electrons. The average molecular weight is 266 g/mol. The molecule has 1 aromatic rings. The SMILES string of the molecule is Cc1cc(Br)c(O)cc1C1(C#N)CCC1. The number of nitrogens with zero attached hydrogens (tertiary/aromatic N) is 1. The standard InChI is InChI=1S/C12H12BrNO/c1-8-5-10(13)11(15)6-9(8)12(7-14)3-2-4-12/h5-6,15H,2-4H2,1H3. The van der Waals surface area contributed by atoms with Crippen molar-refractivity contribution < 1.29 is 5.11 Å². The van der Waals surface area contributed by atoms with Gasteiger partial charge in [-0.2, -0.15) is 5.26 Å². The summed E-state index contributed by atoms with van der Waals surface area (Å²) in [6.45, 7) is 1.98. The van der Waals surface area contributed by atoms with Crippen LogP contribution >= 0.6 is 15.9 Å². The molecule has 1 fully saturated rings. The van der Waals surface area contributed by atoms with Crippen LogP contribution in [0, 0.1) is 18.3 Å². The highest BCUT2D eigenvalue weighted by atomic mass is 79.9. The van der Waals surface area contributed by atoms with E-state index in [9.17, 15) is 10.4 Å². The van der Waals surface area contributed by atoms with Crippen molar-refractivity contribution in [1.29, 1.82) is 5.26 Å². The van der Waals surface area contributed by atoms with E-state index in [0.717, 1.165) is 30.4 Å². The number of rotatable bonds is 1. The van der Waals surface area contributed by atoms with E-state index in [1.54, 1.807) is 6.07 Å². The highest BCUT2D eigenvalue weighted by Crippen LogP contribution is 2.46. The van der Waals surface area contributed by atoms with Crippen molar-refractivity contribution in [1.82, 2.24) is 0 Å². The van der Waals surface area contributed by atoms with Gasteiger partial charge in [-0.05, 0) is 65.4 Å². The van der Waals surface area contributed by atoms with Gasteiger partial charge in [0.25, 0.3) is 0 Å². The van der Waals surface area contributed by atoms with Crippen LogP contribution in [0.5, 0.6) is 5.75 Å². The second kappa shape index (κ2) is 3.53. The van der Waals surface area contributed by atoms with Crippen molar-refractivity contribution in [2.24, 2.45) is 0 Å². The van der Waals surface area contributed by atoms with Crippen LogP contribution in [0.1, 0.15) is 30.4 Å². The molecular formula is C12H12BrNO. The predicted octanol–water partition coefficient (Wildman–Crippen LogP) is 3.41. The van der Waals surface area contributed by atoms with E-state index in [1.807, 2.05) is 13.0 Å². The van der Waals surface area contributed by atoms with E-state index in [-0.39, 0.29) is 11.2 Å². The van der Waals surface area contributed by atoms with Gasteiger partial charge in [0, 0.05) is 0 Å². The summed E-state index contributed by atoms with van der Waals surface area (Å²) in [6.07, 6.45) is 2.92. The summed E-state index contributed by atoms with van der Waals surface area (Å²) in [5.74, 6) is 0.220. The van der Waals surface area contributed by atoms with Gasteiger partial charge in [-0.15, -0.1) is 0 Å². The lowest BCUT2D eigenvalue weighted by atomic mass is 9.64. The van der Waals surface area contributed by atoms with Gasteiger partial charge in [0.1, 0.15) is 5.75 Å². The predicted molar refractivity (Wildman–Crippen MR) is 61.7 cm³/mol. The lowest BCUT2D eigenvalue weighted by Crippen LogP contribution is -2.33. The molecule has 1 aliphatic carbocycles. The van der Waals surface area contributed by atoms with Crippen LogP contribution in [0.15, 0.2) is 16.6 Å². The average Bonchev–Trinajstić information content (AvgIpc) is 2.12. The molecule has 0 aromatic heterocycles. The number of nitriles is 1. The minimum Gasteiger partial charge on any atom is -0.507 e. The van der Waals surface area contributed by atoms with Gasteiger partial charge in [-0.25, -0.2) is 0 Å². The number of aromatic hydroxyl groups is 1. The van der Waals surface area contributed by atoms with Gasteiger partial charge in [0.15, 0.2) is 0 Å². The number of phenolic OH excluding ortho intramolecular Hbond substituents is 1. The highest BCUT2D eigenvalue weighted by molar-refractivity contribution is 9.10. The van der Waals surface area contributed by atoms with Crippen molar-refractivity contribution in [3.05, 3.63) is 27.7 Å². The van der Waals surface area contributed by atoms with Crippen LogP contribution in [0.4, 0.5) is 0 Å². The Morgan fingerprint density at radius 1 is 1.47 bits per heavy atom. The molecule has 1 aromatic carbocycles. The monoisotopic (exact) mass is 265 g/mol. The molecule has 3 heteroatoms. The third-order valence-electron chi connectivity index (χ3n) is 3.23. The Morgan fingerprint density at radius 2 is 2.13 bits per heavy atom. The maximum absolute atomic E-state index is 9.65. The summed E-state index contributed by atoms with van der Waals surface area (Å²) in [5, 5.41) is 18.9. The number of benzene rings is 1. The zero-order valence-corrected chi connectivity index (χ0v) is 10.1. The Morgan fingerprint density at radius 3 is 2.60 bits per heavy atom. The van der Waals surface area contributed by atoms with Crippen molar-refractivity contribution in [3.8, 4) is 11.8 Å². The molecule has 1 saturated carbocycles. The lowest BCUT2D eigenvalue weighted by molar-refractivity contribution is 0.321. The summed E-state index contributed by atoms with van der Waals surface area (Å²) in [5.41, 5.74) is 1.71. The Bertz CT molecular complexity index is 444. The van der Waals surface area contributed by atoms with Gasteiger partial charge < -0.3 is 5.11 Å². The molecule has 0 spiro atoms. The number of hydrogen-bond donors (Lipinski definition) is 1. The van der Waals surface area contributed by atoms with E-state index in [2.05, 4.69) is 22.0 Å². The minimum absolute atomic E-state index is 0.220. The fourth-order valence-electron chi connectivity index (χ4n) is 2.15. The van der Waals surface area contributed by atoms with Crippen LogP contribution in [-0.2, 0) is 5.41 Å². The summed E-state index contributed by atoms with van der Waals surface area (Å²) in [4.78, 5) is 0. The Labute approximate surface area is 97.7 Å². The first-order chi connectivity index (χ1) is 7.09. The number of halogens is 1. The van der Waals surface area contributed by atoms with Crippen LogP contribution in [0.3, 0.4) is 0 Å². The summed E-state index contributed by atoms with van der Waals surface area (Å²) >= 11 is 3.28. The molecule has 0 heterocycles. The molecule has 0 bridgehead atoms. The van der Waals surface area contributed by atoms with Gasteiger partial charge in [0.05, 0.1) is 16.0 Å². The second-order valence-electron chi connectivity index (χ2n) is 4.17. The Hall–Kier alpha value is -1.01. The quantitative estimate of drug-likeness (QED) is 0.846. The summed E-state index contributed by atoms with van der Waals surface area (Å²) in [6, 6.07) is 5.99. The molecule has 1 N–H and O–H groups in total. The Balaban J connectivity index is 2.54. The Kier molecular flexibility index (Phi) is 2.47. The molecule has 78 valence electrons. The fourth-order valence-corrected chi connectivity index (χ4v) is 2.61. The van der Waals surface area contributed by atoms with Crippen molar-refractivity contribution >= 4 is 15.9 Å². The van der Waals surface area contributed by atoms with Crippen LogP contribution < -0.4 is 0 Å². The van der Waals surface area contributed by atoms with Gasteiger partial charge in [-0.3, -0.25) is 0 Å². The maximum Gasteiger partial charge on any atom is 0.130 e. The molecule has 0 saturated heterocycles. The van der Waals surface area contributed by atoms with E-state index < -0.39 is 0 Å². The van der Waals surface area contributed by atoms with Gasteiger partial charge in [0.2, 0.25) is 0 Å². The smallest absolute Gasteiger partial charge is 0.130 e. The lowest BCUT2D eigenvalue weighted by Gasteiger charge is -2.36. The normalized spacial score (nSPS) is 17.9. The molecule has 0 aliphatic heterocycles. The first kappa shape index (κ1) is 10.5. The maximum atomic E-state index is 9.65. The van der Waals surface area contributed by atoms with E-state index >= 15 is 0 Å². The molecule has 0 amide bonds. The number of phenols is 1. The largest absolute Gasteiger partial charge is 0.507 e. The third-order valence-corrected chi connectivity index (χ3v) is 3.87. The molecule has 15 heavy (non-hydrogen) atoms. The number of aryl methyl sites for hydroxylation is 1. The van der Waals surface area contributed by atoms with Crippen LogP contribution in [-0.4, -0.2) is 5.11 Å². The van der Waals surface area contributed by atoms with Crippen molar-refractivity contribution in [3.63, 3.8) is 0 Å². The van der Waals surface area contributed by atoms with Crippen molar-refractivity contribution in [2.75, 3.05) is 0 Å². The molecule has 0 unspecified atom stereocenters. The fraction of sp³-hybridized carbons (Fsp3) is 0.417. The summed E-state index contributed by atoms with van der Waals surface area (Å²) in [7, 11) is 0. The summed E-state index contributed by atoms with van der Waals surface area (Å²) < 4.78 is 0.691. The van der Waals surface area contributed by atoms with Crippen LogP contribution in [0.25, 0.3) is 0 Å². The molecule has 0 atom stereocenters. The van der Waals surface area contributed by atoms with Crippen molar-refractivity contribution in [2.45, 2.75) is 31.6 Å². The zero-order valence-electron chi connectivity index (χ0n) is 8.55. The second-order valence-corrected chi connectivity index (χ2v) is 5.02. The van der Waals surface area contributed by atoms with Crippen LogP contribution in [0.2, 0.25) is 0 Å². The molecule has 2 rings (SSSR count). The minimum atomic E-state index is -0.345. The molecule has 2 nitrogen and oxygen atoms in total. The third kappa shape index (κ3) is 1.53. The highest BCUT2D eigenvalue weighted by Gasteiger charge is 2.40. The van der Waals surface area contributed by atoms with Gasteiger partial charge in [-0.1, -0.05) is 0 Å². The van der Waals surface area contributed by atoms with E-state index in [0.29, 0.717) is 4.47 Å². The topological polar surface area (TPSA) is 44.0 Å². The van der Waals surface area contributed by atoms with Gasteiger partial charge >= 0.3 is 0 Å².